The Morgan fingerprint density at radius 3 is 2.87 bits per heavy atom. The van der Waals surface area contributed by atoms with Gasteiger partial charge >= 0.3 is 0 Å². The van der Waals surface area contributed by atoms with Crippen molar-refractivity contribution in [1.29, 1.82) is 0 Å². The number of hydrogen-bond donors (Lipinski definition) is 2. The molecule has 0 atom stereocenters. The molecule has 1 rings (SSSR count). The van der Waals surface area contributed by atoms with E-state index in [1.807, 2.05) is 22.6 Å². The number of hydrogen-bond acceptors (Lipinski definition) is 3. The van der Waals surface area contributed by atoms with Gasteiger partial charge in [-0.3, -0.25) is 4.79 Å². The first-order valence-corrected chi connectivity index (χ1v) is 6.05. The van der Waals surface area contributed by atoms with Crippen LogP contribution in [0.25, 0.3) is 0 Å². The van der Waals surface area contributed by atoms with E-state index < -0.39 is 0 Å². The lowest BCUT2D eigenvalue weighted by Crippen LogP contribution is -2.32. The minimum absolute atomic E-state index is 0.0323. The molecule has 2 N–H and O–H groups in total. The van der Waals surface area contributed by atoms with E-state index in [0.29, 0.717) is 9.39 Å². The molecular weight excluding hydrogens is 305 g/mol. The third kappa shape index (κ3) is 3.48. The third-order valence-corrected chi connectivity index (χ3v) is 3.13. The van der Waals surface area contributed by atoms with Crippen molar-refractivity contribution in [3.05, 3.63) is 20.3 Å². The molecule has 0 radical (unpaired) electrons. The molecule has 1 aromatic heterocycles. The lowest BCUT2D eigenvalue weighted by atomic mass is 9.99. The highest BCUT2D eigenvalue weighted by atomic mass is 127. The summed E-state index contributed by atoms with van der Waals surface area (Å²) >= 11 is 2.00. The van der Waals surface area contributed by atoms with E-state index in [2.05, 4.69) is 36.1 Å². The highest BCUT2D eigenvalue weighted by molar-refractivity contribution is 14.1. The molecule has 0 fully saturated rings. The normalized spacial score (nSPS) is 11.5. The Kier molecular flexibility index (Phi) is 4.12. The van der Waals surface area contributed by atoms with Crippen LogP contribution in [0.5, 0.6) is 0 Å². The van der Waals surface area contributed by atoms with Gasteiger partial charge in [-0.2, -0.15) is 0 Å². The van der Waals surface area contributed by atoms with Gasteiger partial charge in [0, 0.05) is 5.54 Å². The summed E-state index contributed by atoms with van der Waals surface area (Å²) < 4.78 is 0.610. The van der Waals surface area contributed by atoms with Crippen LogP contribution in [0.15, 0.2) is 11.1 Å². The maximum absolute atomic E-state index is 11.3. The van der Waals surface area contributed by atoms with E-state index in [1.54, 1.807) is 0 Å². The summed E-state index contributed by atoms with van der Waals surface area (Å²) in [7, 11) is 0. The van der Waals surface area contributed by atoms with E-state index in [4.69, 9.17) is 0 Å². The lowest BCUT2D eigenvalue weighted by Gasteiger charge is -2.26. The number of nitrogens with one attached hydrogen (secondary N) is 2. The maximum Gasteiger partial charge on any atom is 0.266 e. The highest BCUT2D eigenvalue weighted by Gasteiger charge is 2.18. The van der Waals surface area contributed by atoms with Gasteiger partial charge in [0.2, 0.25) is 0 Å². The fourth-order valence-corrected chi connectivity index (χ4v) is 1.91. The standard InChI is InChI=1S/C10H16IN3O/c1-4-5-10(2,3)14-8-7(11)9(15)13-6-12-8/h6H,4-5H2,1-3H3,(H2,12,13,14,15). The molecule has 1 aromatic rings. The van der Waals surface area contributed by atoms with Crippen LogP contribution in [0.3, 0.4) is 0 Å². The molecule has 0 aliphatic carbocycles. The van der Waals surface area contributed by atoms with Crippen molar-refractivity contribution in [2.24, 2.45) is 0 Å². The smallest absolute Gasteiger partial charge is 0.266 e. The van der Waals surface area contributed by atoms with Crippen molar-refractivity contribution in [3.8, 4) is 0 Å². The van der Waals surface area contributed by atoms with Crippen molar-refractivity contribution in [2.45, 2.75) is 39.2 Å². The molecule has 0 amide bonds. The highest BCUT2D eigenvalue weighted by Crippen LogP contribution is 2.19. The molecular formula is C10H16IN3O. The van der Waals surface area contributed by atoms with E-state index in [0.717, 1.165) is 12.8 Å². The summed E-state index contributed by atoms with van der Waals surface area (Å²) in [5.41, 5.74) is -0.129. The van der Waals surface area contributed by atoms with Crippen molar-refractivity contribution < 1.29 is 0 Å². The van der Waals surface area contributed by atoms with Crippen LogP contribution in [0, 0.1) is 3.57 Å². The van der Waals surface area contributed by atoms with Gasteiger partial charge in [0.1, 0.15) is 9.39 Å². The molecule has 5 heteroatoms. The fourth-order valence-electron chi connectivity index (χ4n) is 1.48. The molecule has 0 saturated carbocycles. The Balaban J connectivity index is 2.90. The van der Waals surface area contributed by atoms with Crippen LogP contribution in [-0.4, -0.2) is 15.5 Å². The maximum atomic E-state index is 11.3. The number of anilines is 1. The van der Waals surface area contributed by atoms with Crippen molar-refractivity contribution in [3.63, 3.8) is 0 Å². The van der Waals surface area contributed by atoms with Crippen LogP contribution in [0.4, 0.5) is 5.82 Å². The minimum atomic E-state index is -0.0969. The second kappa shape index (κ2) is 4.96. The van der Waals surface area contributed by atoms with Crippen LogP contribution in [-0.2, 0) is 0 Å². The van der Waals surface area contributed by atoms with Gasteiger partial charge in [0.25, 0.3) is 5.56 Å². The SMILES string of the molecule is CCCC(C)(C)Nc1nc[nH]c(=O)c1I. The first-order chi connectivity index (χ1) is 6.96. The van der Waals surface area contributed by atoms with Crippen molar-refractivity contribution in [2.75, 3.05) is 5.32 Å². The molecule has 1 heterocycles. The first-order valence-electron chi connectivity index (χ1n) is 4.97. The Morgan fingerprint density at radius 2 is 2.27 bits per heavy atom. The summed E-state index contributed by atoms with van der Waals surface area (Å²) in [6.45, 7) is 6.35. The van der Waals surface area contributed by atoms with Gasteiger partial charge in [-0.25, -0.2) is 4.98 Å². The van der Waals surface area contributed by atoms with Gasteiger partial charge in [0.15, 0.2) is 0 Å². The number of halogens is 1. The van der Waals surface area contributed by atoms with E-state index in [1.165, 1.54) is 6.33 Å². The summed E-state index contributed by atoms with van der Waals surface area (Å²) in [6.07, 6.45) is 3.56. The fraction of sp³-hybridized carbons (Fsp3) is 0.600. The number of aromatic nitrogens is 2. The zero-order valence-corrected chi connectivity index (χ0v) is 11.4. The molecule has 0 aliphatic heterocycles. The van der Waals surface area contributed by atoms with Crippen molar-refractivity contribution in [1.82, 2.24) is 9.97 Å². The molecule has 0 aliphatic rings. The van der Waals surface area contributed by atoms with E-state index >= 15 is 0 Å². The van der Waals surface area contributed by atoms with Crippen molar-refractivity contribution >= 4 is 28.4 Å². The monoisotopic (exact) mass is 321 g/mol. The predicted molar refractivity (Wildman–Crippen MR) is 70.2 cm³/mol. The Hall–Kier alpha value is -0.590. The third-order valence-electron chi connectivity index (χ3n) is 2.13. The molecule has 0 unspecified atom stereocenters. The lowest BCUT2D eigenvalue weighted by molar-refractivity contribution is 0.508. The van der Waals surface area contributed by atoms with Crippen LogP contribution in [0.2, 0.25) is 0 Å². The van der Waals surface area contributed by atoms with Gasteiger partial charge in [-0.05, 0) is 42.9 Å². The van der Waals surface area contributed by atoms with Crippen LogP contribution >= 0.6 is 22.6 Å². The zero-order valence-electron chi connectivity index (χ0n) is 9.22. The minimum Gasteiger partial charge on any atom is -0.364 e. The van der Waals surface area contributed by atoms with E-state index in [-0.39, 0.29) is 11.1 Å². The molecule has 0 aromatic carbocycles. The Bertz CT molecular complexity index is 386. The van der Waals surface area contributed by atoms with Crippen LogP contribution < -0.4 is 10.9 Å². The van der Waals surface area contributed by atoms with Gasteiger partial charge < -0.3 is 10.3 Å². The Morgan fingerprint density at radius 1 is 1.60 bits per heavy atom. The second-order valence-corrected chi connectivity index (χ2v) is 5.23. The molecule has 0 saturated heterocycles. The molecule has 0 bridgehead atoms. The predicted octanol–water partition coefficient (Wildman–Crippen LogP) is 2.37. The second-order valence-electron chi connectivity index (χ2n) is 4.15. The summed E-state index contributed by atoms with van der Waals surface area (Å²) in [5.74, 6) is 0.665. The zero-order chi connectivity index (χ0) is 11.5. The number of rotatable bonds is 4. The summed E-state index contributed by atoms with van der Waals surface area (Å²) in [4.78, 5) is 18.0. The average Bonchev–Trinajstić information content (AvgIpc) is 2.12. The number of aromatic amines is 1. The van der Waals surface area contributed by atoms with Gasteiger partial charge in [0.05, 0.1) is 6.33 Å². The topological polar surface area (TPSA) is 57.8 Å². The average molecular weight is 321 g/mol. The summed E-state index contributed by atoms with van der Waals surface area (Å²) in [6, 6.07) is 0. The van der Waals surface area contributed by atoms with Crippen LogP contribution in [0.1, 0.15) is 33.6 Å². The molecule has 4 nitrogen and oxygen atoms in total. The Labute approximate surface area is 103 Å². The molecule has 0 spiro atoms. The van der Waals surface area contributed by atoms with Gasteiger partial charge in [-0.15, -0.1) is 0 Å². The first kappa shape index (κ1) is 12.5. The molecule has 15 heavy (non-hydrogen) atoms. The largest absolute Gasteiger partial charge is 0.364 e. The molecule has 84 valence electrons. The quantitative estimate of drug-likeness (QED) is 0.837. The van der Waals surface area contributed by atoms with Gasteiger partial charge in [-0.1, -0.05) is 13.3 Å². The number of H-pyrrole nitrogens is 1. The number of nitrogens with zero attached hydrogens (tertiary/aromatic N) is 1. The van der Waals surface area contributed by atoms with E-state index in [9.17, 15) is 4.79 Å². The summed E-state index contributed by atoms with van der Waals surface area (Å²) in [5, 5.41) is 3.29.